The van der Waals surface area contributed by atoms with Crippen LogP contribution in [0.5, 0.6) is 5.75 Å². The maximum absolute atomic E-state index is 5.50. The summed E-state index contributed by atoms with van der Waals surface area (Å²) < 4.78 is 5.50. The van der Waals surface area contributed by atoms with Crippen molar-refractivity contribution in [1.82, 2.24) is 10.3 Å². The topological polar surface area (TPSA) is 34.1 Å². The van der Waals surface area contributed by atoms with Crippen LogP contribution in [0.3, 0.4) is 0 Å². The van der Waals surface area contributed by atoms with Crippen LogP contribution in [-0.2, 0) is 0 Å². The van der Waals surface area contributed by atoms with Crippen LogP contribution in [0, 0.1) is 6.92 Å². The summed E-state index contributed by atoms with van der Waals surface area (Å²) in [4.78, 5) is 4.62. The lowest BCUT2D eigenvalue weighted by atomic mass is 10.1. The third-order valence-electron chi connectivity index (χ3n) is 2.91. The van der Waals surface area contributed by atoms with E-state index < -0.39 is 0 Å². The quantitative estimate of drug-likeness (QED) is 0.875. The van der Waals surface area contributed by atoms with E-state index in [4.69, 9.17) is 4.74 Å². The first-order valence-electron chi connectivity index (χ1n) is 7.01. The van der Waals surface area contributed by atoms with Crippen LogP contribution in [0.4, 0.5) is 0 Å². The summed E-state index contributed by atoms with van der Waals surface area (Å²) >= 11 is 1.70. The van der Waals surface area contributed by atoms with Crippen molar-refractivity contribution in [3.63, 3.8) is 0 Å². The summed E-state index contributed by atoms with van der Waals surface area (Å²) in [7, 11) is 0. The Balaban J connectivity index is 2.26. The van der Waals surface area contributed by atoms with Crippen molar-refractivity contribution in [1.29, 1.82) is 0 Å². The maximum atomic E-state index is 5.50. The molecule has 1 atom stereocenters. The number of ether oxygens (including phenoxy) is 1. The summed E-state index contributed by atoms with van der Waals surface area (Å²) in [6.45, 7) is 9.03. The zero-order valence-electron chi connectivity index (χ0n) is 12.5. The standard InChI is InChI=1S/C16H22N2OS/c1-5-19-14-8-6-13(7-9-14)15(17-11(2)3)16-18-12(4)10-20-16/h6-11,15,17H,5H2,1-4H3. The number of aromatic nitrogens is 1. The van der Waals surface area contributed by atoms with Gasteiger partial charge in [0.15, 0.2) is 0 Å². The lowest BCUT2D eigenvalue weighted by Gasteiger charge is -2.20. The lowest BCUT2D eigenvalue weighted by Crippen LogP contribution is -2.28. The summed E-state index contributed by atoms with van der Waals surface area (Å²) in [5.41, 5.74) is 2.29. The number of thiazole rings is 1. The molecule has 1 heterocycles. The molecule has 0 saturated carbocycles. The molecule has 0 amide bonds. The zero-order valence-corrected chi connectivity index (χ0v) is 13.3. The Morgan fingerprint density at radius 1 is 1.25 bits per heavy atom. The highest BCUT2D eigenvalue weighted by atomic mass is 32.1. The Morgan fingerprint density at radius 2 is 1.95 bits per heavy atom. The average Bonchev–Trinajstić information content (AvgIpc) is 2.84. The van der Waals surface area contributed by atoms with Gasteiger partial charge in [0.2, 0.25) is 0 Å². The molecule has 0 aliphatic carbocycles. The summed E-state index contributed by atoms with van der Waals surface area (Å²) in [6, 6.07) is 8.81. The van der Waals surface area contributed by atoms with E-state index >= 15 is 0 Å². The number of nitrogens with one attached hydrogen (secondary N) is 1. The molecule has 2 rings (SSSR count). The molecular formula is C16H22N2OS. The Labute approximate surface area is 125 Å². The van der Waals surface area contributed by atoms with Crippen LogP contribution >= 0.6 is 11.3 Å². The fourth-order valence-electron chi connectivity index (χ4n) is 2.07. The van der Waals surface area contributed by atoms with Gasteiger partial charge in [-0.15, -0.1) is 11.3 Å². The molecule has 1 aromatic heterocycles. The average molecular weight is 290 g/mol. The predicted molar refractivity (Wildman–Crippen MR) is 84.6 cm³/mol. The van der Waals surface area contributed by atoms with E-state index in [1.54, 1.807) is 11.3 Å². The third kappa shape index (κ3) is 3.81. The molecule has 1 unspecified atom stereocenters. The first-order chi connectivity index (χ1) is 9.60. The molecular weight excluding hydrogens is 268 g/mol. The van der Waals surface area contributed by atoms with E-state index in [1.165, 1.54) is 5.56 Å². The molecule has 3 nitrogen and oxygen atoms in total. The van der Waals surface area contributed by atoms with E-state index in [9.17, 15) is 0 Å². The molecule has 1 aromatic carbocycles. The van der Waals surface area contributed by atoms with Gasteiger partial charge in [0, 0.05) is 17.1 Å². The van der Waals surface area contributed by atoms with Gasteiger partial charge < -0.3 is 10.1 Å². The number of hydrogen-bond acceptors (Lipinski definition) is 4. The Kier molecular flexibility index (Phi) is 5.15. The van der Waals surface area contributed by atoms with Gasteiger partial charge in [-0.25, -0.2) is 4.98 Å². The van der Waals surface area contributed by atoms with Crippen molar-refractivity contribution in [3.05, 3.63) is 45.9 Å². The predicted octanol–water partition coefficient (Wildman–Crippen LogP) is 3.94. The normalized spacial score (nSPS) is 12.7. The van der Waals surface area contributed by atoms with Gasteiger partial charge in [-0.05, 0) is 45.4 Å². The van der Waals surface area contributed by atoms with Crippen LogP contribution < -0.4 is 10.1 Å². The number of rotatable bonds is 6. The molecule has 0 spiro atoms. The first kappa shape index (κ1) is 15.0. The first-order valence-corrected chi connectivity index (χ1v) is 7.89. The van der Waals surface area contributed by atoms with Crippen molar-refractivity contribution in [2.45, 2.75) is 39.8 Å². The number of aryl methyl sites for hydroxylation is 1. The second-order valence-electron chi connectivity index (χ2n) is 5.08. The third-order valence-corrected chi connectivity index (χ3v) is 3.94. The van der Waals surface area contributed by atoms with Gasteiger partial charge in [-0.2, -0.15) is 0 Å². The number of nitrogens with zero attached hydrogens (tertiary/aromatic N) is 1. The number of benzene rings is 1. The molecule has 0 saturated heterocycles. The molecule has 1 N–H and O–H groups in total. The largest absolute Gasteiger partial charge is 0.494 e. The van der Waals surface area contributed by atoms with Gasteiger partial charge in [0.05, 0.1) is 12.6 Å². The van der Waals surface area contributed by atoms with Gasteiger partial charge in [-0.1, -0.05) is 12.1 Å². The van der Waals surface area contributed by atoms with Crippen LogP contribution in [0.2, 0.25) is 0 Å². The van der Waals surface area contributed by atoms with Crippen molar-refractivity contribution < 1.29 is 4.74 Å². The highest BCUT2D eigenvalue weighted by Crippen LogP contribution is 2.27. The van der Waals surface area contributed by atoms with Crippen LogP contribution in [0.1, 0.15) is 43.1 Å². The van der Waals surface area contributed by atoms with Gasteiger partial charge in [-0.3, -0.25) is 0 Å². The Hall–Kier alpha value is -1.39. The van der Waals surface area contributed by atoms with Gasteiger partial charge in [0.25, 0.3) is 0 Å². The molecule has 0 fully saturated rings. The number of hydrogen-bond donors (Lipinski definition) is 1. The zero-order chi connectivity index (χ0) is 14.5. The molecule has 2 aromatic rings. The van der Waals surface area contributed by atoms with Crippen LogP contribution in [0.15, 0.2) is 29.6 Å². The molecule has 0 radical (unpaired) electrons. The van der Waals surface area contributed by atoms with E-state index in [1.807, 2.05) is 26.0 Å². The molecule has 0 aliphatic rings. The van der Waals surface area contributed by atoms with Crippen LogP contribution in [0.25, 0.3) is 0 Å². The van der Waals surface area contributed by atoms with Crippen molar-refractivity contribution in [3.8, 4) is 5.75 Å². The SMILES string of the molecule is CCOc1ccc(C(NC(C)C)c2nc(C)cs2)cc1. The minimum absolute atomic E-state index is 0.143. The molecule has 4 heteroatoms. The Bertz CT molecular complexity index is 534. The smallest absolute Gasteiger partial charge is 0.119 e. The van der Waals surface area contributed by atoms with Crippen molar-refractivity contribution in [2.75, 3.05) is 6.61 Å². The fraction of sp³-hybridized carbons (Fsp3) is 0.438. The second kappa shape index (κ2) is 6.86. The summed E-state index contributed by atoms with van der Waals surface area (Å²) in [5.74, 6) is 0.912. The van der Waals surface area contributed by atoms with E-state index in [-0.39, 0.29) is 6.04 Å². The molecule has 0 aliphatic heterocycles. The summed E-state index contributed by atoms with van der Waals surface area (Å²) in [5, 5.41) is 6.79. The molecule has 108 valence electrons. The fourth-order valence-corrected chi connectivity index (χ4v) is 2.95. The van der Waals surface area contributed by atoms with Gasteiger partial charge >= 0.3 is 0 Å². The van der Waals surface area contributed by atoms with Crippen molar-refractivity contribution in [2.24, 2.45) is 0 Å². The summed E-state index contributed by atoms with van der Waals surface area (Å²) in [6.07, 6.45) is 0. The molecule has 20 heavy (non-hydrogen) atoms. The van der Waals surface area contributed by atoms with E-state index in [2.05, 4.69) is 41.7 Å². The Morgan fingerprint density at radius 3 is 2.45 bits per heavy atom. The lowest BCUT2D eigenvalue weighted by molar-refractivity contribution is 0.340. The minimum atomic E-state index is 0.143. The monoisotopic (exact) mass is 290 g/mol. The molecule has 0 bridgehead atoms. The highest BCUT2D eigenvalue weighted by Gasteiger charge is 2.18. The highest BCUT2D eigenvalue weighted by molar-refractivity contribution is 7.09. The van der Waals surface area contributed by atoms with Crippen LogP contribution in [-0.4, -0.2) is 17.6 Å². The maximum Gasteiger partial charge on any atom is 0.119 e. The van der Waals surface area contributed by atoms with Gasteiger partial charge in [0.1, 0.15) is 10.8 Å². The minimum Gasteiger partial charge on any atom is -0.494 e. The second-order valence-corrected chi connectivity index (χ2v) is 5.97. The van der Waals surface area contributed by atoms with E-state index in [0.29, 0.717) is 12.6 Å². The van der Waals surface area contributed by atoms with Crippen molar-refractivity contribution >= 4 is 11.3 Å². The van der Waals surface area contributed by atoms with E-state index in [0.717, 1.165) is 16.5 Å².